The van der Waals surface area contributed by atoms with Crippen LogP contribution in [0.1, 0.15) is 47.0 Å². The molecule has 0 fully saturated rings. The lowest BCUT2D eigenvalue weighted by molar-refractivity contribution is 0.373. The van der Waals surface area contributed by atoms with E-state index >= 15 is 0 Å². The van der Waals surface area contributed by atoms with Crippen LogP contribution in [0.5, 0.6) is 0 Å². The van der Waals surface area contributed by atoms with Crippen LogP contribution in [0.25, 0.3) is 0 Å². The number of rotatable bonds is 7. The molecule has 0 heterocycles. The Morgan fingerprint density at radius 3 is 2.47 bits per heavy atom. The molecule has 0 rings (SSSR count). The highest BCUT2D eigenvalue weighted by Gasteiger charge is 2.14. The predicted molar refractivity (Wildman–Crippen MR) is 70.9 cm³/mol. The van der Waals surface area contributed by atoms with Crippen molar-refractivity contribution in [3.8, 4) is 0 Å². The minimum Gasteiger partial charge on any atom is -0.103 e. The quantitative estimate of drug-likeness (QED) is 0.400. The normalized spacial score (nSPS) is 14.1. The van der Waals surface area contributed by atoms with E-state index in [4.69, 9.17) is 0 Å². The Kier molecular flexibility index (Phi) is 6.31. The molecule has 0 nitrogen and oxygen atoms in total. The van der Waals surface area contributed by atoms with E-state index in [1.165, 1.54) is 12.8 Å². The van der Waals surface area contributed by atoms with Crippen molar-refractivity contribution in [2.45, 2.75) is 47.0 Å². The van der Waals surface area contributed by atoms with E-state index < -0.39 is 0 Å². The van der Waals surface area contributed by atoms with Crippen molar-refractivity contribution in [3.63, 3.8) is 0 Å². The molecule has 0 spiro atoms. The summed E-state index contributed by atoms with van der Waals surface area (Å²) in [5.74, 6) is 0.750. The second-order valence-electron chi connectivity index (χ2n) is 5.34. The van der Waals surface area contributed by atoms with Crippen molar-refractivity contribution < 1.29 is 0 Å². The first-order chi connectivity index (χ1) is 6.87. The van der Waals surface area contributed by atoms with Gasteiger partial charge in [0.05, 0.1) is 0 Å². The number of allylic oxidation sites excluding steroid dienone is 4. The third-order valence-electron chi connectivity index (χ3n) is 2.67. The van der Waals surface area contributed by atoms with E-state index in [2.05, 4.69) is 46.1 Å². The van der Waals surface area contributed by atoms with Crippen molar-refractivity contribution in [2.24, 2.45) is 11.3 Å². The van der Waals surface area contributed by atoms with Crippen molar-refractivity contribution in [1.29, 1.82) is 0 Å². The second-order valence-corrected chi connectivity index (χ2v) is 5.34. The Bertz CT molecular complexity index is 230. The van der Waals surface area contributed by atoms with Gasteiger partial charge in [0.1, 0.15) is 0 Å². The molecular formula is C15H26. The molecule has 0 aromatic heterocycles. The van der Waals surface area contributed by atoms with E-state index in [0.717, 1.165) is 17.9 Å². The maximum atomic E-state index is 3.88. The molecule has 86 valence electrons. The van der Waals surface area contributed by atoms with Gasteiger partial charge in [-0.2, -0.15) is 0 Å². The van der Waals surface area contributed by atoms with Gasteiger partial charge in [0.25, 0.3) is 0 Å². The third-order valence-corrected chi connectivity index (χ3v) is 2.67. The first kappa shape index (κ1) is 14.2. The van der Waals surface area contributed by atoms with Crippen LogP contribution in [0.15, 0.2) is 37.0 Å². The second kappa shape index (κ2) is 6.66. The molecule has 0 amide bonds. The van der Waals surface area contributed by atoms with Gasteiger partial charge in [-0.3, -0.25) is 0 Å². The van der Waals surface area contributed by atoms with Gasteiger partial charge in [0.15, 0.2) is 0 Å². The van der Waals surface area contributed by atoms with E-state index in [1.54, 1.807) is 0 Å². The summed E-state index contributed by atoms with van der Waals surface area (Å²) < 4.78 is 0. The highest BCUT2D eigenvalue weighted by molar-refractivity contribution is 5.13. The first-order valence-electron chi connectivity index (χ1n) is 5.83. The van der Waals surface area contributed by atoms with Gasteiger partial charge >= 0.3 is 0 Å². The Morgan fingerprint density at radius 2 is 2.00 bits per heavy atom. The van der Waals surface area contributed by atoms with Crippen LogP contribution in [0.3, 0.4) is 0 Å². The van der Waals surface area contributed by atoms with Gasteiger partial charge in [-0.1, -0.05) is 51.2 Å². The van der Waals surface area contributed by atoms with Crippen molar-refractivity contribution in [1.82, 2.24) is 0 Å². The SMILES string of the molecule is C=CC[C@H](C)CCC(C)(C)/C=C/C(=C)C. The molecule has 0 aromatic rings. The van der Waals surface area contributed by atoms with E-state index in [-0.39, 0.29) is 5.41 Å². The Balaban J connectivity index is 4.03. The van der Waals surface area contributed by atoms with Gasteiger partial charge < -0.3 is 0 Å². The Hall–Kier alpha value is -0.780. The maximum absolute atomic E-state index is 3.88. The topological polar surface area (TPSA) is 0 Å². The minimum atomic E-state index is 0.286. The average Bonchev–Trinajstić information content (AvgIpc) is 2.13. The summed E-state index contributed by atoms with van der Waals surface area (Å²) in [6.45, 7) is 16.6. The van der Waals surface area contributed by atoms with Gasteiger partial charge in [-0.25, -0.2) is 0 Å². The van der Waals surface area contributed by atoms with Crippen LogP contribution in [-0.2, 0) is 0 Å². The van der Waals surface area contributed by atoms with Gasteiger partial charge in [0, 0.05) is 0 Å². The zero-order chi connectivity index (χ0) is 11.9. The van der Waals surface area contributed by atoms with Crippen molar-refractivity contribution >= 4 is 0 Å². The molecule has 0 aliphatic heterocycles. The molecule has 0 saturated heterocycles. The molecular weight excluding hydrogens is 180 g/mol. The Labute approximate surface area is 95.8 Å². The summed E-state index contributed by atoms with van der Waals surface area (Å²) in [5, 5.41) is 0. The average molecular weight is 206 g/mol. The molecule has 0 bridgehead atoms. The summed E-state index contributed by atoms with van der Waals surface area (Å²) in [6.07, 6.45) is 10.0. The molecule has 1 atom stereocenters. The zero-order valence-corrected chi connectivity index (χ0v) is 10.8. The largest absolute Gasteiger partial charge is 0.103 e. The lowest BCUT2D eigenvalue weighted by Gasteiger charge is -2.22. The van der Waals surface area contributed by atoms with E-state index in [1.807, 2.05) is 13.0 Å². The van der Waals surface area contributed by atoms with Crippen LogP contribution in [0.2, 0.25) is 0 Å². The fraction of sp³-hybridized carbons (Fsp3) is 0.600. The predicted octanol–water partition coefficient (Wildman–Crippen LogP) is 5.14. The summed E-state index contributed by atoms with van der Waals surface area (Å²) in [7, 11) is 0. The molecule has 0 unspecified atom stereocenters. The van der Waals surface area contributed by atoms with Gasteiger partial charge in [-0.15, -0.1) is 6.58 Å². The van der Waals surface area contributed by atoms with Gasteiger partial charge in [0.2, 0.25) is 0 Å². The van der Waals surface area contributed by atoms with Crippen molar-refractivity contribution in [3.05, 3.63) is 37.0 Å². The summed E-state index contributed by atoms with van der Waals surface area (Å²) >= 11 is 0. The molecule has 0 saturated carbocycles. The van der Waals surface area contributed by atoms with Gasteiger partial charge in [-0.05, 0) is 37.5 Å². The fourth-order valence-corrected chi connectivity index (χ4v) is 1.47. The molecule has 15 heavy (non-hydrogen) atoms. The van der Waals surface area contributed by atoms with E-state index in [0.29, 0.717) is 0 Å². The van der Waals surface area contributed by atoms with Crippen LogP contribution in [-0.4, -0.2) is 0 Å². The maximum Gasteiger partial charge on any atom is -0.0172 e. The Morgan fingerprint density at radius 1 is 1.40 bits per heavy atom. The van der Waals surface area contributed by atoms with Crippen LogP contribution in [0, 0.1) is 11.3 Å². The number of hydrogen-bond acceptors (Lipinski definition) is 0. The first-order valence-corrected chi connectivity index (χ1v) is 5.83. The summed E-state index contributed by atoms with van der Waals surface area (Å²) in [5.41, 5.74) is 1.41. The lowest BCUT2D eigenvalue weighted by Crippen LogP contribution is -2.09. The lowest BCUT2D eigenvalue weighted by atomic mass is 9.84. The van der Waals surface area contributed by atoms with Crippen LogP contribution in [0.4, 0.5) is 0 Å². The highest BCUT2D eigenvalue weighted by Crippen LogP contribution is 2.27. The van der Waals surface area contributed by atoms with Crippen LogP contribution < -0.4 is 0 Å². The number of hydrogen-bond donors (Lipinski definition) is 0. The van der Waals surface area contributed by atoms with Crippen LogP contribution >= 0.6 is 0 Å². The smallest absolute Gasteiger partial charge is 0.0172 e. The molecule has 0 aliphatic rings. The van der Waals surface area contributed by atoms with E-state index in [9.17, 15) is 0 Å². The standard InChI is InChI=1S/C15H26/c1-7-8-14(4)10-12-15(5,6)11-9-13(2)3/h7,9,11,14H,1-2,8,10,12H2,3-6H3/b11-9+/t14-/m0/s1. The molecule has 0 heteroatoms. The minimum absolute atomic E-state index is 0.286. The summed E-state index contributed by atoms with van der Waals surface area (Å²) in [4.78, 5) is 0. The summed E-state index contributed by atoms with van der Waals surface area (Å²) in [6, 6.07) is 0. The highest BCUT2D eigenvalue weighted by atomic mass is 14.2. The van der Waals surface area contributed by atoms with Crippen molar-refractivity contribution in [2.75, 3.05) is 0 Å². The fourth-order valence-electron chi connectivity index (χ4n) is 1.47. The monoisotopic (exact) mass is 206 g/mol. The zero-order valence-electron chi connectivity index (χ0n) is 10.8. The third kappa shape index (κ3) is 8.23. The molecule has 0 radical (unpaired) electrons. The molecule has 0 aromatic carbocycles. The molecule has 0 N–H and O–H groups in total. The molecule has 0 aliphatic carbocycles.